The Balaban J connectivity index is 1.36. The van der Waals surface area contributed by atoms with Crippen LogP contribution in [0.3, 0.4) is 0 Å². The lowest BCUT2D eigenvalue weighted by Crippen LogP contribution is -2.36. The van der Waals surface area contributed by atoms with Crippen molar-refractivity contribution < 1.29 is 4.79 Å². The Morgan fingerprint density at radius 2 is 1.84 bits per heavy atom. The zero-order chi connectivity index (χ0) is 21.9. The molecule has 0 saturated heterocycles. The van der Waals surface area contributed by atoms with Crippen molar-refractivity contribution in [3.8, 4) is 16.9 Å². The summed E-state index contributed by atoms with van der Waals surface area (Å²) in [6.07, 6.45) is 7.60. The van der Waals surface area contributed by atoms with E-state index in [1.165, 1.54) is 17.6 Å². The minimum absolute atomic E-state index is 0.0170. The minimum Gasteiger partial charge on any atom is -0.336 e. The van der Waals surface area contributed by atoms with E-state index < -0.39 is 0 Å². The third-order valence-corrected chi connectivity index (χ3v) is 5.79. The maximum Gasteiger partial charge on any atom is 0.256 e. The zero-order valence-electron chi connectivity index (χ0n) is 18.1. The molecule has 0 radical (unpaired) electrons. The van der Waals surface area contributed by atoms with Gasteiger partial charge in [-0.05, 0) is 43.9 Å². The van der Waals surface area contributed by atoms with Gasteiger partial charge in [-0.3, -0.25) is 9.48 Å². The second-order valence-electron chi connectivity index (χ2n) is 8.36. The van der Waals surface area contributed by atoms with E-state index in [2.05, 4.69) is 22.3 Å². The van der Waals surface area contributed by atoms with Gasteiger partial charge in [0.15, 0.2) is 0 Å². The highest BCUT2D eigenvalue weighted by Gasteiger charge is 2.28. The topological polar surface area (TPSA) is 68.8 Å². The van der Waals surface area contributed by atoms with Crippen LogP contribution in [0, 0.1) is 12.8 Å². The van der Waals surface area contributed by atoms with Crippen molar-refractivity contribution in [2.45, 2.75) is 26.3 Å². The second kappa shape index (κ2) is 8.78. The monoisotopic (exact) mass is 426 g/mol. The van der Waals surface area contributed by atoms with Crippen LogP contribution in [-0.4, -0.2) is 48.7 Å². The molecule has 0 spiro atoms. The third kappa shape index (κ3) is 4.46. The van der Waals surface area contributed by atoms with Crippen LogP contribution in [0.5, 0.6) is 0 Å². The lowest BCUT2D eigenvalue weighted by molar-refractivity contribution is 0.0739. The number of hydrogen-bond acceptors (Lipinski definition) is 4. The van der Waals surface area contributed by atoms with Gasteiger partial charge in [-0.1, -0.05) is 42.0 Å². The van der Waals surface area contributed by atoms with Crippen LogP contribution in [0.4, 0.5) is 0 Å². The van der Waals surface area contributed by atoms with Gasteiger partial charge in [0.2, 0.25) is 0 Å². The highest BCUT2D eigenvalue weighted by atomic mass is 16.2. The lowest BCUT2D eigenvalue weighted by Gasteiger charge is -2.24. The fraction of sp³-hybridized carbons (Fsp3) is 0.280. The Morgan fingerprint density at radius 3 is 2.59 bits per heavy atom. The molecule has 1 aliphatic carbocycles. The van der Waals surface area contributed by atoms with Gasteiger partial charge >= 0.3 is 0 Å². The molecule has 7 heteroatoms. The average molecular weight is 427 g/mol. The summed E-state index contributed by atoms with van der Waals surface area (Å²) < 4.78 is 1.92. The Hall–Kier alpha value is -3.74. The number of carbonyl (C=O) groups excluding carboxylic acids is 1. The Morgan fingerprint density at radius 1 is 1.06 bits per heavy atom. The molecule has 1 saturated carbocycles. The van der Waals surface area contributed by atoms with E-state index in [0.717, 1.165) is 23.4 Å². The number of aryl methyl sites for hydroxylation is 1. The summed E-state index contributed by atoms with van der Waals surface area (Å²) in [6, 6.07) is 18.0. The minimum atomic E-state index is 0.0170. The van der Waals surface area contributed by atoms with E-state index in [4.69, 9.17) is 5.10 Å². The predicted octanol–water partition coefficient (Wildman–Crippen LogP) is 3.99. The van der Waals surface area contributed by atoms with Crippen LogP contribution in [0.2, 0.25) is 0 Å². The van der Waals surface area contributed by atoms with Gasteiger partial charge in [0.1, 0.15) is 0 Å². The van der Waals surface area contributed by atoms with Crippen LogP contribution in [-0.2, 0) is 6.54 Å². The van der Waals surface area contributed by atoms with Crippen molar-refractivity contribution in [1.82, 2.24) is 29.7 Å². The summed E-state index contributed by atoms with van der Waals surface area (Å²) in [5, 5.41) is 13.2. The molecule has 5 rings (SSSR count). The molecule has 162 valence electrons. The number of amides is 1. The molecule has 0 unspecified atom stereocenters. The van der Waals surface area contributed by atoms with Gasteiger partial charge in [0.05, 0.1) is 35.9 Å². The van der Waals surface area contributed by atoms with Gasteiger partial charge in [-0.25, -0.2) is 0 Å². The number of rotatable bonds is 8. The number of nitrogens with zero attached hydrogens (tertiary/aromatic N) is 6. The van der Waals surface area contributed by atoms with Crippen molar-refractivity contribution in [2.75, 3.05) is 13.1 Å². The smallest absolute Gasteiger partial charge is 0.256 e. The lowest BCUT2D eigenvalue weighted by atomic mass is 10.1. The molecule has 1 fully saturated rings. The Bertz CT molecular complexity index is 1190. The fourth-order valence-corrected chi connectivity index (χ4v) is 3.87. The average Bonchev–Trinajstić information content (AvgIpc) is 3.26. The number of aromatic nitrogens is 5. The van der Waals surface area contributed by atoms with Gasteiger partial charge in [-0.15, -0.1) is 0 Å². The zero-order valence-corrected chi connectivity index (χ0v) is 18.1. The summed E-state index contributed by atoms with van der Waals surface area (Å²) >= 11 is 0. The van der Waals surface area contributed by atoms with E-state index in [1.807, 2.05) is 65.2 Å². The molecule has 0 N–H and O–H groups in total. The molecule has 0 aliphatic heterocycles. The molecule has 7 nitrogen and oxygen atoms in total. The molecule has 0 atom stereocenters. The van der Waals surface area contributed by atoms with Crippen LogP contribution >= 0.6 is 0 Å². The van der Waals surface area contributed by atoms with Crippen molar-refractivity contribution in [3.63, 3.8) is 0 Å². The summed E-state index contributed by atoms with van der Waals surface area (Å²) in [5.74, 6) is 0.607. The highest BCUT2D eigenvalue weighted by molar-refractivity contribution is 5.98. The molecule has 2 heterocycles. The SMILES string of the molecule is Cc1ccc(-n2nccn2)c(C(=O)N(CCn2ccc(-c3ccccc3)n2)CC2CC2)c1. The van der Waals surface area contributed by atoms with E-state index in [1.54, 1.807) is 12.4 Å². The molecular formula is C25H26N6O. The third-order valence-electron chi connectivity index (χ3n) is 5.79. The van der Waals surface area contributed by atoms with Crippen LogP contribution < -0.4 is 0 Å². The number of benzene rings is 2. The summed E-state index contributed by atoms with van der Waals surface area (Å²) in [5.41, 5.74) is 4.41. The van der Waals surface area contributed by atoms with Crippen LogP contribution in [0.1, 0.15) is 28.8 Å². The summed E-state index contributed by atoms with van der Waals surface area (Å²) in [4.78, 5) is 17.1. The molecule has 2 aromatic heterocycles. The van der Waals surface area contributed by atoms with Crippen LogP contribution in [0.15, 0.2) is 73.2 Å². The number of hydrogen-bond donors (Lipinski definition) is 0. The Labute approximate surface area is 187 Å². The molecule has 1 amide bonds. The van der Waals surface area contributed by atoms with Gasteiger partial charge in [-0.2, -0.15) is 20.1 Å². The van der Waals surface area contributed by atoms with Gasteiger partial charge in [0.25, 0.3) is 5.91 Å². The second-order valence-corrected chi connectivity index (χ2v) is 8.36. The van der Waals surface area contributed by atoms with E-state index in [-0.39, 0.29) is 5.91 Å². The first-order valence-corrected chi connectivity index (χ1v) is 11.0. The summed E-state index contributed by atoms with van der Waals surface area (Å²) in [6.45, 7) is 4.01. The summed E-state index contributed by atoms with van der Waals surface area (Å²) in [7, 11) is 0. The molecule has 4 aromatic rings. The molecular weight excluding hydrogens is 400 g/mol. The normalized spacial score (nSPS) is 13.3. The molecule has 1 aliphatic rings. The first-order valence-electron chi connectivity index (χ1n) is 11.0. The van der Waals surface area contributed by atoms with Crippen LogP contribution in [0.25, 0.3) is 16.9 Å². The van der Waals surface area contributed by atoms with E-state index in [9.17, 15) is 4.79 Å². The maximum absolute atomic E-state index is 13.7. The van der Waals surface area contributed by atoms with Gasteiger partial charge < -0.3 is 4.90 Å². The first-order chi connectivity index (χ1) is 15.7. The van der Waals surface area contributed by atoms with Gasteiger partial charge in [0, 0.05) is 24.8 Å². The molecule has 0 bridgehead atoms. The fourth-order valence-electron chi connectivity index (χ4n) is 3.87. The van der Waals surface area contributed by atoms with E-state index in [0.29, 0.717) is 30.3 Å². The largest absolute Gasteiger partial charge is 0.336 e. The quantitative estimate of drug-likeness (QED) is 0.427. The van der Waals surface area contributed by atoms with E-state index >= 15 is 0 Å². The first kappa shape index (κ1) is 20.2. The maximum atomic E-state index is 13.7. The predicted molar refractivity (Wildman–Crippen MR) is 122 cm³/mol. The Kier molecular flexibility index (Phi) is 5.54. The van der Waals surface area contributed by atoms with Crippen molar-refractivity contribution in [1.29, 1.82) is 0 Å². The molecule has 32 heavy (non-hydrogen) atoms. The highest BCUT2D eigenvalue weighted by Crippen LogP contribution is 2.30. The number of carbonyl (C=O) groups is 1. The van der Waals surface area contributed by atoms with Crippen molar-refractivity contribution in [3.05, 3.63) is 84.3 Å². The van der Waals surface area contributed by atoms with Crippen molar-refractivity contribution >= 4 is 5.91 Å². The van der Waals surface area contributed by atoms with Crippen molar-refractivity contribution in [2.24, 2.45) is 5.92 Å². The standard InChI is InChI=1S/C25H26N6O/c1-19-7-10-24(31-26-12-13-27-31)22(17-19)25(32)29(18-20-8-9-20)15-16-30-14-11-23(28-30)21-5-3-2-4-6-21/h2-7,10-14,17,20H,8-9,15-16,18H2,1H3. The molecule has 2 aromatic carbocycles.